The summed E-state index contributed by atoms with van der Waals surface area (Å²) < 4.78 is 27.4. The number of fused-ring (bicyclic) bond motifs is 1. The molecule has 0 unspecified atom stereocenters. The molecule has 0 N–H and O–H groups in total. The van der Waals surface area contributed by atoms with Crippen LogP contribution in [0, 0.1) is 11.3 Å². The quantitative estimate of drug-likeness (QED) is 0.743. The Bertz CT molecular complexity index is 840. The molecule has 0 aliphatic carbocycles. The van der Waals surface area contributed by atoms with E-state index in [9.17, 15) is 8.78 Å². The van der Waals surface area contributed by atoms with E-state index >= 15 is 0 Å². The van der Waals surface area contributed by atoms with Crippen LogP contribution in [0.25, 0.3) is 11.0 Å². The average molecular weight is 303 g/mol. The van der Waals surface area contributed by atoms with Gasteiger partial charge in [-0.2, -0.15) is 14.0 Å². The van der Waals surface area contributed by atoms with Gasteiger partial charge >= 0.3 is 6.55 Å². The number of halogens is 2. The number of nitrogens with zero attached hydrogens (tertiary/aromatic N) is 5. The van der Waals surface area contributed by atoms with Crippen LogP contribution >= 0.6 is 11.8 Å². The summed E-state index contributed by atoms with van der Waals surface area (Å²) in [5, 5.41) is 9.29. The SMILES string of the molecule is N#Cc1nccnc1Sc1nc2ccccc2n1C(F)F. The predicted molar refractivity (Wildman–Crippen MR) is 71.9 cm³/mol. The molecule has 0 radical (unpaired) electrons. The highest BCUT2D eigenvalue weighted by atomic mass is 32.2. The maximum Gasteiger partial charge on any atom is 0.321 e. The molecule has 104 valence electrons. The molecule has 0 amide bonds. The van der Waals surface area contributed by atoms with E-state index in [2.05, 4.69) is 15.0 Å². The summed E-state index contributed by atoms with van der Waals surface area (Å²) in [5.41, 5.74) is 0.871. The normalized spacial score (nSPS) is 11.0. The molecule has 5 nitrogen and oxygen atoms in total. The molecule has 2 aromatic heterocycles. The van der Waals surface area contributed by atoms with Gasteiger partial charge in [-0.15, -0.1) is 0 Å². The third-order valence-electron chi connectivity index (χ3n) is 2.72. The van der Waals surface area contributed by atoms with Gasteiger partial charge in [0.05, 0.1) is 11.0 Å². The monoisotopic (exact) mass is 303 g/mol. The fourth-order valence-corrected chi connectivity index (χ4v) is 2.75. The van der Waals surface area contributed by atoms with Gasteiger partial charge in [0.15, 0.2) is 10.9 Å². The first-order chi connectivity index (χ1) is 10.2. The third kappa shape index (κ3) is 2.43. The van der Waals surface area contributed by atoms with E-state index in [4.69, 9.17) is 5.26 Å². The van der Waals surface area contributed by atoms with Gasteiger partial charge in [0.25, 0.3) is 0 Å². The summed E-state index contributed by atoms with van der Waals surface area (Å²) in [5.74, 6) is 0. The molecule has 0 saturated carbocycles. The van der Waals surface area contributed by atoms with Gasteiger partial charge < -0.3 is 0 Å². The summed E-state index contributed by atoms with van der Waals surface area (Å²) >= 11 is 0.895. The highest BCUT2D eigenvalue weighted by Gasteiger charge is 2.20. The van der Waals surface area contributed by atoms with Crippen LogP contribution in [0.15, 0.2) is 46.8 Å². The molecule has 0 saturated heterocycles. The van der Waals surface area contributed by atoms with Gasteiger partial charge in [0, 0.05) is 12.4 Å². The Labute approximate surface area is 122 Å². The standard InChI is InChI=1S/C13H7F2N5S/c14-12(15)20-10-4-2-1-3-8(10)19-13(20)21-11-9(7-16)17-5-6-18-11/h1-6,12H. The van der Waals surface area contributed by atoms with Crippen LogP contribution in [0.1, 0.15) is 12.2 Å². The van der Waals surface area contributed by atoms with Crippen molar-refractivity contribution in [1.82, 2.24) is 19.5 Å². The Hall–Kier alpha value is -2.53. The molecule has 0 fully saturated rings. The molecule has 0 aliphatic rings. The zero-order valence-electron chi connectivity index (χ0n) is 10.4. The van der Waals surface area contributed by atoms with Crippen LogP contribution in [-0.2, 0) is 0 Å². The lowest BCUT2D eigenvalue weighted by Gasteiger charge is -2.06. The van der Waals surface area contributed by atoms with Crippen molar-refractivity contribution < 1.29 is 8.78 Å². The lowest BCUT2D eigenvalue weighted by molar-refractivity contribution is 0.0656. The summed E-state index contributed by atoms with van der Waals surface area (Å²) in [4.78, 5) is 12.0. The van der Waals surface area contributed by atoms with Crippen molar-refractivity contribution >= 4 is 22.8 Å². The molecule has 1 aromatic carbocycles. The fourth-order valence-electron chi connectivity index (χ4n) is 1.85. The minimum Gasteiger partial charge on any atom is -0.261 e. The van der Waals surface area contributed by atoms with Crippen LogP contribution in [0.4, 0.5) is 8.78 Å². The van der Waals surface area contributed by atoms with Gasteiger partial charge in [-0.25, -0.2) is 15.0 Å². The highest BCUT2D eigenvalue weighted by molar-refractivity contribution is 7.99. The van der Waals surface area contributed by atoms with Gasteiger partial charge in [0.2, 0.25) is 0 Å². The number of rotatable bonds is 3. The topological polar surface area (TPSA) is 67.4 Å². The number of benzene rings is 1. The van der Waals surface area contributed by atoms with Crippen LogP contribution in [-0.4, -0.2) is 19.5 Å². The Morgan fingerprint density at radius 3 is 2.71 bits per heavy atom. The number of alkyl halides is 2. The maximum atomic E-state index is 13.3. The van der Waals surface area contributed by atoms with Gasteiger partial charge in [-0.1, -0.05) is 12.1 Å². The summed E-state index contributed by atoms with van der Waals surface area (Å²) in [6.45, 7) is -2.73. The molecular weight excluding hydrogens is 296 g/mol. The Morgan fingerprint density at radius 1 is 1.19 bits per heavy atom. The fraction of sp³-hybridized carbons (Fsp3) is 0.0769. The zero-order valence-corrected chi connectivity index (χ0v) is 11.3. The van der Waals surface area contributed by atoms with Crippen LogP contribution in [0.2, 0.25) is 0 Å². The van der Waals surface area contributed by atoms with E-state index in [1.54, 1.807) is 24.3 Å². The lowest BCUT2D eigenvalue weighted by Crippen LogP contribution is -2.00. The Balaban J connectivity index is 2.13. The first kappa shape index (κ1) is 13.5. The van der Waals surface area contributed by atoms with Crippen LogP contribution < -0.4 is 0 Å². The molecular formula is C13H7F2N5S. The van der Waals surface area contributed by atoms with E-state index in [1.807, 2.05) is 6.07 Å². The molecule has 3 rings (SSSR count). The highest BCUT2D eigenvalue weighted by Crippen LogP contribution is 2.33. The molecule has 0 atom stereocenters. The summed E-state index contributed by atoms with van der Waals surface area (Å²) in [6.07, 6.45) is 2.78. The number of hydrogen-bond acceptors (Lipinski definition) is 5. The number of para-hydroxylation sites is 2. The molecule has 0 bridgehead atoms. The number of imidazole rings is 1. The van der Waals surface area contributed by atoms with Gasteiger partial charge in [-0.3, -0.25) is 4.57 Å². The molecule has 21 heavy (non-hydrogen) atoms. The van der Waals surface area contributed by atoms with E-state index in [1.165, 1.54) is 12.4 Å². The van der Waals surface area contributed by atoms with E-state index in [0.717, 1.165) is 16.3 Å². The summed E-state index contributed by atoms with van der Waals surface area (Å²) in [6, 6.07) is 8.49. The third-order valence-corrected chi connectivity index (χ3v) is 3.68. The van der Waals surface area contributed by atoms with E-state index in [0.29, 0.717) is 11.0 Å². The second-order valence-corrected chi connectivity index (χ2v) is 4.91. The molecule has 2 heterocycles. The average Bonchev–Trinajstić information content (AvgIpc) is 2.85. The number of nitriles is 1. The molecule has 0 aliphatic heterocycles. The first-order valence-electron chi connectivity index (χ1n) is 5.85. The van der Waals surface area contributed by atoms with E-state index in [-0.39, 0.29) is 15.9 Å². The second-order valence-electron chi connectivity index (χ2n) is 3.95. The second kappa shape index (κ2) is 5.46. The van der Waals surface area contributed by atoms with Crippen molar-refractivity contribution in [2.75, 3.05) is 0 Å². The van der Waals surface area contributed by atoms with Crippen molar-refractivity contribution in [2.24, 2.45) is 0 Å². The smallest absolute Gasteiger partial charge is 0.261 e. The number of aromatic nitrogens is 4. The maximum absolute atomic E-state index is 13.3. The van der Waals surface area contributed by atoms with Crippen LogP contribution in [0.5, 0.6) is 0 Å². The zero-order chi connectivity index (χ0) is 14.8. The van der Waals surface area contributed by atoms with Gasteiger partial charge in [0.1, 0.15) is 11.1 Å². The van der Waals surface area contributed by atoms with Crippen molar-refractivity contribution in [3.63, 3.8) is 0 Å². The van der Waals surface area contributed by atoms with Crippen molar-refractivity contribution in [3.05, 3.63) is 42.4 Å². The molecule has 3 aromatic rings. The Morgan fingerprint density at radius 2 is 1.95 bits per heavy atom. The number of hydrogen-bond donors (Lipinski definition) is 0. The largest absolute Gasteiger partial charge is 0.321 e. The molecule has 8 heteroatoms. The van der Waals surface area contributed by atoms with Crippen molar-refractivity contribution in [2.45, 2.75) is 16.7 Å². The minimum atomic E-state index is -2.73. The Kier molecular flexibility index (Phi) is 3.50. The lowest BCUT2D eigenvalue weighted by atomic mass is 10.3. The van der Waals surface area contributed by atoms with Crippen molar-refractivity contribution in [3.8, 4) is 6.07 Å². The predicted octanol–water partition coefficient (Wildman–Crippen LogP) is 3.24. The first-order valence-corrected chi connectivity index (χ1v) is 6.66. The van der Waals surface area contributed by atoms with Gasteiger partial charge in [-0.05, 0) is 23.9 Å². The summed E-state index contributed by atoms with van der Waals surface area (Å²) in [7, 11) is 0. The van der Waals surface area contributed by atoms with Crippen LogP contribution in [0.3, 0.4) is 0 Å². The van der Waals surface area contributed by atoms with Crippen molar-refractivity contribution in [1.29, 1.82) is 5.26 Å². The van der Waals surface area contributed by atoms with E-state index < -0.39 is 6.55 Å². The minimum absolute atomic E-state index is 0.0724. The molecule has 0 spiro atoms.